The van der Waals surface area contributed by atoms with Gasteiger partial charge in [-0.15, -0.1) is 0 Å². The lowest BCUT2D eigenvalue weighted by molar-refractivity contribution is -0.157. The van der Waals surface area contributed by atoms with E-state index in [0.717, 1.165) is 6.42 Å². The Bertz CT molecular complexity index is 461. The molecule has 0 bridgehead atoms. The van der Waals surface area contributed by atoms with E-state index < -0.39 is 11.6 Å². The van der Waals surface area contributed by atoms with Crippen molar-refractivity contribution in [3.8, 4) is 11.5 Å². The van der Waals surface area contributed by atoms with Crippen molar-refractivity contribution in [3.63, 3.8) is 0 Å². The quantitative estimate of drug-likeness (QED) is 0.718. The first-order valence-electron chi connectivity index (χ1n) is 6.66. The molecule has 112 valence electrons. The maximum Gasteiger partial charge on any atom is 0.349 e. The van der Waals surface area contributed by atoms with Crippen LogP contribution >= 0.6 is 11.6 Å². The van der Waals surface area contributed by atoms with Crippen molar-refractivity contribution < 1.29 is 19.0 Å². The molecule has 0 aliphatic heterocycles. The summed E-state index contributed by atoms with van der Waals surface area (Å²) in [6.07, 6.45) is 1.38. The van der Waals surface area contributed by atoms with Crippen LogP contribution in [0.2, 0.25) is 5.02 Å². The smallest absolute Gasteiger partial charge is 0.349 e. The third-order valence-electron chi connectivity index (χ3n) is 3.00. The van der Waals surface area contributed by atoms with Crippen molar-refractivity contribution in [2.24, 2.45) is 0 Å². The maximum absolute atomic E-state index is 11.8. The molecule has 0 fully saturated rings. The molecule has 20 heavy (non-hydrogen) atoms. The Labute approximate surface area is 125 Å². The number of methoxy groups -OCH3 is 1. The van der Waals surface area contributed by atoms with Gasteiger partial charge in [0.15, 0.2) is 0 Å². The van der Waals surface area contributed by atoms with Crippen LogP contribution in [0.5, 0.6) is 11.5 Å². The molecule has 1 rings (SSSR count). The normalized spacial score (nSPS) is 13.4. The Hall–Kier alpha value is -1.42. The second kappa shape index (κ2) is 7.39. The van der Waals surface area contributed by atoms with Crippen molar-refractivity contribution in [1.29, 1.82) is 0 Å². The van der Waals surface area contributed by atoms with E-state index in [0.29, 0.717) is 29.5 Å². The standard InChI is InChI=1S/C15H21ClO4/c1-5-9-19-13-10-11(7-8-12(13)16)20-15(3,6-2)14(17)18-4/h7-8,10H,5-6,9H2,1-4H3/t15-/m1/s1. The van der Waals surface area contributed by atoms with E-state index in [1.54, 1.807) is 25.1 Å². The summed E-state index contributed by atoms with van der Waals surface area (Å²) in [7, 11) is 1.34. The van der Waals surface area contributed by atoms with Gasteiger partial charge in [0.2, 0.25) is 5.60 Å². The Morgan fingerprint density at radius 3 is 2.60 bits per heavy atom. The molecule has 1 aromatic rings. The first-order chi connectivity index (χ1) is 9.46. The van der Waals surface area contributed by atoms with E-state index in [4.69, 9.17) is 25.8 Å². The minimum atomic E-state index is -1.02. The predicted molar refractivity (Wildman–Crippen MR) is 78.6 cm³/mol. The molecular formula is C15H21ClO4. The molecule has 0 saturated carbocycles. The van der Waals surface area contributed by atoms with Crippen LogP contribution in [0.4, 0.5) is 0 Å². The SMILES string of the molecule is CCCOc1cc(O[C@](C)(CC)C(=O)OC)ccc1Cl. The highest BCUT2D eigenvalue weighted by molar-refractivity contribution is 6.32. The number of benzene rings is 1. The zero-order valence-corrected chi connectivity index (χ0v) is 13.1. The van der Waals surface area contributed by atoms with Crippen LogP contribution < -0.4 is 9.47 Å². The average molecular weight is 301 g/mol. The van der Waals surface area contributed by atoms with Gasteiger partial charge >= 0.3 is 5.97 Å². The Kier molecular flexibility index (Phi) is 6.14. The molecule has 0 aromatic heterocycles. The highest BCUT2D eigenvalue weighted by atomic mass is 35.5. The molecule has 0 radical (unpaired) electrons. The fraction of sp³-hybridized carbons (Fsp3) is 0.533. The highest BCUT2D eigenvalue weighted by Crippen LogP contribution is 2.31. The second-order valence-corrected chi connectivity index (χ2v) is 5.03. The molecule has 1 aromatic carbocycles. The van der Waals surface area contributed by atoms with Crippen LogP contribution in [0.1, 0.15) is 33.6 Å². The molecule has 0 saturated heterocycles. The van der Waals surface area contributed by atoms with Gasteiger partial charge in [-0.05, 0) is 31.9 Å². The van der Waals surface area contributed by atoms with Gasteiger partial charge in [0, 0.05) is 6.07 Å². The lowest BCUT2D eigenvalue weighted by atomic mass is 10.0. The molecular weight excluding hydrogens is 280 g/mol. The summed E-state index contributed by atoms with van der Waals surface area (Å²) < 4.78 is 16.1. The number of hydrogen-bond acceptors (Lipinski definition) is 4. The Morgan fingerprint density at radius 2 is 2.05 bits per heavy atom. The minimum Gasteiger partial charge on any atom is -0.492 e. The number of rotatable bonds is 7. The van der Waals surface area contributed by atoms with Gasteiger partial charge in [-0.25, -0.2) is 4.79 Å². The molecule has 0 N–H and O–H groups in total. The second-order valence-electron chi connectivity index (χ2n) is 4.62. The van der Waals surface area contributed by atoms with Gasteiger partial charge in [0.25, 0.3) is 0 Å². The summed E-state index contributed by atoms with van der Waals surface area (Å²) in [5.41, 5.74) is -1.02. The van der Waals surface area contributed by atoms with Crippen molar-refractivity contribution in [1.82, 2.24) is 0 Å². The van der Waals surface area contributed by atoms with E-state index >= 15 is 0 Å². The van der Waals surface area contributed by atoms with E-state index in [1.165, 1.54) is 7.11 Å². The number of esters is 1. The van der Waals surface area contributed by atoms with E-state index in [9.17, 15) is 4.79 Å². The van der Waals surface area contributed by atoms with Crippen molar-refractivity contribution in [2.75, 3.05) is 13.7 Å². The third-order valence-corrected chi connectivity index (χ3v) is 3.31. The largest absolute Gasteiger partial charge is 0.492 e. The molecule has 0 aliphatic rings. The molecule has 5 heteroatoms. The van der Waals surface area contributed by atoms with Crippen LogP contribution in [0.3, 0.4) is 0 Å². The van der Waals surface area contributed by atoms with Gasteiger partial charge < -0.3 is 14.2 Å². The van der Waals surface area contributed by atoms with E-state index in [-0.39, 0.29) is 0 Å². The number of ether oxygens (including phenoxy) is 3. The first-order valence-corrected chi connectivity index (χ1v) is 7.04. The van der Waals surface area contributed by atoms with Crippen LogP contribution in [0.25, 0.3) is 0 Å². The first kappa shape index (κ1) is 16.6. The highest BCUT2D eigenvalue weighted by Gasteiger charge is 2.35. The predicted octanol–water partition coefficient (Wildman–Crippen LogP) is 3.85. The van der Waals surface area contributed by atoms with Crippen molar-refractivity contribution in [2.45, 2.75) is 39.2 Å². The van der Waals surface area contributed by atoms with Crippen molar-refractivity contribution >= 4 is 17.6 Å². The zero-order valence-electron chi connectivity index (χ0n) is 12.4. The maximum atomic E-state index is 11.8. The van der Waals surface area contributed by atoms with Crippen LogP contribution in [0, 0.1) is 0 Å². The Morgan fingerprint density at radius 1 is 1.35 bits per heavy atom. The monoisotopic (exact) mass is 300 g/mol. The number of hydrogen-bond donors (Lipinski definition) is 0. The molecule has 0 aliphatic carbocycles. The summed E-state index contributed by atoms with van der Waals surface area (Å²) in [4.78, 5) is 11.8. The van der Waals surface area contributed by atoms with Crippen LogP contribution in [-0.2, 0) is 9.53 Å². The lowest BCUT2D eigenvalue weighted by Crippen LogP contribution is -2.41. The molecule has 0 amide bonds. The molecule has 1 atom stereocenters. The molecule has 0 spiro atoms. The number of halogens is 1. The fourth-order valence-electron chi connectivity index (χ4n) is 1.60. The summed E-state index contributed by atoms with van der Waals surface area (Å²) in [5.74, 6) is 0.663. The molecule has 4 nitrogen and oxygen atoms in total. The van der Waals surface area contributed by atoms with Gasteiger partial charge in [0.05, 0.1) is 18.7 Å². The topological polar surface area (TPSA) is 44.8 Å². The van der Waals surface area contributed by atoms with Crippen LogP contribution in [0.15, 0.2) is 18.2 Å². The van der Waals surface area contributed by atoms with Gasteiger partial charge in [-0.3, -0.25) is 0 Å². The summed E-state index contributed by atoms with van der Waals surface area (Å²) >= 11 is 6.05. The number of carbonyl (C=O) groups is 1. The average Bonchev–Trinajstić information content (AvgIpc) is 2.46. The fourth-order valence-corrected chi connectivity index (χ4v) is 1.78. The summed E-state index contributed by atoms with van der Waals surface area (Å²) in [6.45, 7) is 6.15. The molecule has 0 unspecified atom stereocenters. The molecule has 0 heterocycles. The summed E-state index contributed by atoms with van der Waals surface area (Å²) in [5, 5.41) is 0.516. The van der Waals surface area contributed by atoms with Gasteiger partial charge in [-0.2, -0.15) is 0 Å². The summed E-state index contributed by atoms with van der Waals surface area (Å²) in [6, 6.07) is 5.09. The third kappa shape index (κ3) is 4.04. The number of carbonyl (C=O) groups excluding carboxylic acids is 1. The van der Waals surface area contributed by atoms with Gasteiger partial charge in [0.1, 0.15) is 11.5 Å². The minimum absolute atomic E-state index is 0.411. The zero-order chi connectivity index (χ0) is 15.2. The Balaban J connectivity index is 2.94. The van der Waals surface area contributed by atoms with Crippen LogP contribution in [-0.4, -0.2) is 25.3 Å². The van der Waals surface area contributed by atoms with Gasteiger partial charge in [-0.1, -0.05) is 25.4 Å². The van der Waals surface area contributed by atoms with E-state index in [2.05, 4.69) is 0 Å². The van der Waals surface area contributed by atoms with E-state index in [1.807, 2.05) is 13.8 Å². The van der Waals surface area contributed by atoms with Crippen molar-refractivity contribution in [3.05, 3.63) is 23.2 Å². The lowest BCUT2D eigenvalue weighted by Gasteiger charge is -2.26.